The van der Waals surface area contributed by atoms with Crippen LogP contribution in [0.25, 0.3) is 0 Å². The minimum absolute atomic E-state index is 0.130. The Labute approximate surface area is 156 Å². The number of aromatic nitrogens is 2. The summed E-state index contributed by atoms with van der Waals surface area (Å²) in [6, 6.07) is 11.7. The summed E-state index contributed by atoms with van der Waals surface area (Å²) in [6.07, 6.45) is 1.58. The Hall–Kier alpha value is -3.35. The molecular formula is C20H20FN3O3. The van der Waals surface area contributed by atoms with Crippen molar-refractivity contribution >= 4 is 11.6 Å². The third-order valence-electron chi connectivity index (χ3n) is 4.20. The van der Waals surface area contributed by atoms with Gasteiger partial charge in [0.15, 0.2) is 0 Å². The van der Waals surface area contributed by atoms with Gasteiger partial charge in [-0.15, -0.1) is 0 Å². The number of hydrogen-bond donors (Lipinski definition) is 1. The molecule has 0 aliphatic rings. The highest BCUT2D eigenvalue weighted by Crippen LogP contribution is 2.27. The largest absolute Gasteiger partial charge is 0.496 e. The van der Waals surface area contributed by atoms with E-state index in [1.165, 1.54) is 19.2 Å². The number of benzene rings is 2. The van der Waals surface area contributed by atoms with Crippen molar-refractivity contribution in [1.29, 1.82) is 0 Å². The van der Waals surface area contributed by atoms with Gasteiger partial charge in [0, 0.05) is 11.3 Å². The van der Waals surface area contributed by atoms with E-state index in [0.717, 1.165) is 22.6 Å². The van der Waals surface area contributed by atoms with Crippen LogP contribution in [0.5, 0.6) is 11.5 Å². The molecule has 3 rings (SSSR count). The standard InChI is InChI=1S/C20H20FN3O3/c1-13-16(5-4-6-17(13)26-2)22-20-23-19(25)18(27-3)12-24(20)11-14-7-9-15(21)10-8-14/h4-10,12H,11H2,1-3H3,(H,22,23,25). The van der Waals surface area contributed by atoms with Gasteiger partial charge in [0.25, 0.3) is 0 Å². The smallest absolute Gasteiger partial charge is 0.316 e. The van der Waals surface area contributed by atoms with Gasteiger partial charge in [-0.05, 0) is 36.8 Å². The monoisotopic (exact) mass is 369 g/mol. The molecule has 0 bridgehead atoms. The molecule has 0 atom stereocenters. The van der Waals surface area contributed by atoms with Crippen molar-refractivity contribution in [2.75, 3.05) is 19.5 Å². The molecule has 140 valence electrons. The average Bonchev–Trinajstić information content (AvgIpc) is 2.67. The quantitative estimate of drug-likeness (QED) is 0.720. The molecule has 7 heteroatoms. The van der Waals surface area contributed by atoms with Crippen LogP contribution in [0.3, 0.4) is 0 Å². The Morgan fingerprint density at radius 3 is 2.44 bits per heavy atom. The molecule has 27 heavy (non-hydrogen) atoms. The number of hydrogen-bond acceptors (Lipinski definition) is 5. The molecule has 2 aromatic carbocycles. The van der Waals surface area contributed by atoms with E-state index in [1.807, 2.05) is 25.1 Å². The van der Waals surface area contributed by atoms with Crippen LogP contribution in [0.2, 0.25) is 0 Å². The first-order valence-electron chi connectivity index (χ1n) is 8.32. The average molecular weight is 369 g/mol. The fourth-order valence-corrected chi connectivity index (χ4v) is 2.71. The Morgan fingerprint density at radius 1 is 1.07 bits per heavy atom. The summed E-state index contributed by atoms with van der Waals surface area (Å²) in [5.74, 6) is 0.896. The van der Waals surface area contributed by atoms with Crippen LogP contribution >= 0.6 is 0 Å². The maximum Gasteiger partial charge on any atom is 0.316 e. The molecule has 0 fully saturated rings. The van der Waals surface area contributed by atoms with E-state index in [0.29, 0.717) is 12.5 Å². The Morgan fingerprint density at radius 2 is 1.78 bits per heavy atom. The summed E-state index contributed by atoms with van der Waals surface area (Å²) in [5, 5.41) is 3.18. The first kappa shape index (κ1) is 18.4. The Balaban J connectivity index is 2.02. The molecular weight excluding hydrogens is 349 g/mol. The number of anilines is 2. The van der Waals surface area contributed by atoms with Crippen molar-refractivity contribution in [1.82, 2.24) is 9.55 Å². The zero-order valence-electron chi connectivity index (χ0n) is 15.3. The SMILES string of the molecule is COc1cccc(Nc2nc(=O)c(OC)cn2Cc2ccc(F)cc2)c1C. The van der Waals surface area contributed by atoms with Gasteiger partial charge in [0.05, 0.1) is 27.0 Å². The highest BCUT2D eigenvalue weighted by Gasteiger charge is 2.12. The predicted octanol–water partition coefficient (Wildman–Crippen LogP) is 3.50. The van der Waals surface area contributed by atoms with Crippen molar-refractivity contribution < 1.29 is 13.9 Å². The Kier molecular flexibility index (Phi) is 5.40. The van der Waals surface area contributed by atoms with E-state index in [9.17, 15) is 9.18 Å². The lowest BCUT2D eigenvalue weighted by molar-refractivity contribution is 0.402. The number of halogens is 1. The van der Waals surface area contributed by atoms with Gasteiger partial charge < -0.3 is 19.4 Å². The molecule has 1 heterocycles. The van der Waals surface area contributed by atoms with Crippen LogP contribution in [0.1, 0.15) is 11.1 Å². The summed E-state index contributed by atoms with van der Waals surface area (Å²) in [5.41, 5.74) is 2.03. The molecule has 1 aromatic heterocycles. The lowest BCUT2D eigenvalue weighted by Gasteiger charge is -2.17. The zero-order chi connectivity index (χ0) is 19.4. The third kappa shape index (κ3) is 4.08. The summed E-state index contributed by atoms with van der Waals surface area (Å²) in [7, 11) is 3.02. The summed E-state index contributed by atoms with van der Waals surface area (Å²) in [4.78, 5) is 16.3. The van der Waals surface area contributed by atoms with E-state index in [2.05, 4.69) is 10.3 Å². The van der Waals surface area contributed by atoms with E-state index >= 15 is 0 Å². The van der Waals surface area contributed by atoms with Gasteiger partial charge in [0.1, 0.15) is 11.6 Å². The van der Waals surface area contributed by atoms with E-state index in [1.54, 1.807) is 30.0 Å². The van der Waals surface area contributed by atoms with Gasteiger partial charge in [-0.1, -0.05) is 18.2 Å². The number of nitrogens with one attached hydrogen (secondary N) is 1. The fraction of sp³-hybridized carbons (Fsp3) is 0.200. The maximum absolute atomic E-state index is 13.2. The molecule has 0 aliphatic carbocycles. The molecule has 0 saturated carbocycles. The normalized spacial score (nSPS) is 10.5. The van der Waals surface area contributed by atoms with Crippen molar-refractivity contribution in [2.45, 2.75) is 13.5 Å². The zero-order valence-corrected chi connectivity index (χ0v) is 15.3. The van der Waals surface area contributed by atoms with Gasteiger partial charge in [0.2, 0.25) is 11.7 Å². The van der Waals surface area contributed by atoms with Gasteiger partial charge in [-0.2, -0.15) is 4.98 Å². The molecule has 0 aliphatic heterocycles. The summed E-state index contributed by atoms with van der Waals surface area (Å²) in [6.45, 7) is 2.29. The second kappa shape index (κ2) is 7.90. The van der Waals surface area contributed by atoms with Crippen molar-refractivity contribution in [3.8, 4) is 11.5 Å². The van der Waals surface area contributed by atoms with Gasteiger partial charge in [-0.25, -0.2) is 4.39 Å². The van der Waals surface area contributed by atoms with Crippen LogP contribution < -0.4 is 20.3 Å². The first-order valence-corrected chi connectivity index (χ1v) is 8.32. The topological polar surface area (TPSA) is 65.4 Å². The molecule has 0 unspecified atom stereocenters. The van der Waals surface area contributed by atoms with Crippen molar-refractivity contribution in [3.63, 3.8) is 0 Å². The van der Waals surface area contributed by atoms with Crippen molar-refractivity contribution in [3.05, 3.63) is 76.0 Å². The first-order chi connectivity index (χ1) is 13.0. The van der Waals surface area contributed by atoms with Crippen LogP contribution in [0.15, 0.2) is 53.5 Å². The molecule has 0 amide bonds. The fourth-order valence-electron chi connectivity index (χ4n) is 2.71. The van der Waals surface area contributed by atoms with Crippen molar-refractivity contribution in [2.24, 2.45) is 0 Å². The van der Waals surface area contributed by atoms with Gasteiger partial charge in [-0.3, -0.25) is 4.79 Å². The number of ether oxygens (including phenoxy) is 2. The number of nitrogens with zero attached hydrogens (tertiary/aromatic N) is 2. The molecule has 1 N–H and O–H groups in total. The van der Waals surface area contributed by atoms with Crippen LogP contribution in [-0.2, 0) is 6.54 Å². The van der Waals surface area contributed by atoms with E-state index in [-0.39, 0.29) is 11.6 Å². The lowest BCUT2D eigenvalue weighted by atomic mass is 10.2. The highest BCUT2D eigenvalue weighted by molar-refractivity contribution is 5.62. The van der Waals surface area contributed by atoms with Crippen LogP contribution in [-0.4, -0.2) is 23.8 Å². The third-order valence-corrected chi connectivity index (χ3v) is 4.20. The summed E-state index contributed by atoms with van der Waals surface area (Å²) < 4.78 is 25.4. The minimum atomic E-state index is -0.476. The predicted molar refractivity (Wildman–Crippen MR) is 102 cm³/mol. The second-order valence-corrected chi connectivity index (χ2v) is 5.95. The maximum atomic E-state index is 13.2. The minimum Gasteiger partial charge on any atom is -0.496 e. The van der Waals surface area contributed by atoms with Crippen LogP contribution in [0, 0.1) is 12.7 Å². The molecule has 0 spiro atoms. The van der Waals surface area contributed by atoms with E-state index < -0.39 is 5.56 Å². The van der Waals surface area contributed by atoms with Gasteiger partial charge >= 0.3 is 5.56 Å². The second-order valence-electron chi connectivity index (χ2n) is 5.95. The Bertz CT molecular complexity index is 1000. The highest BCUT2D eigenvalue weighted by atomic mass is 19.1. The number of rotatable bonds is 6. The lowest BCUT2D eigenvalue weighted by Crippen LogP contribution is -2.19. The molecule has 6 nitrogen and oxygen atoms in total. The number of methoxy groups -OCH3 is 2. The summed E-state index contributed by atoms with van der Waals surface area (Å²) >= 11 is 0. The van der Waals surface area contributed by atoms with E-state index in [4.69, 9.17) is 9.47 Å². The molecule has 3 aromatic rings. The van der Waals surface area contributed by atoms with Crippen LogP contribution in [0.4, 0.5) is 16.0 Å². The molecule has 0 saturated heterocycles. The molecule has 0 radical (unpaired) electrons.